The molecule has 0 spiro atoms. The van der Waals surface area contributed by atoms with E-state index in [4.69, 9.17) is 0 Å². The van der Waals surface area contributed by atoms with Crippen LogP contribution in [0.2, 0.25) is 0 Å². The van der Waals surface area contributed by atoms with Crippen LogP contribution < -0.4 is 10.9 Å². The number of aliphatic carboxylic acids is 1. The first-order valence-electron chi connectivity index (χ1n) is 8.02. The van der Waals surface area contributed by atoms with E-state index in [1.807, 2.05) is 26.0 Å². The molecule has 1 aromatic rings. The van der Waals surface area contributed by atoms with E-state index in [1.165, 1.54) is 11.3 Å². The maximum atomic E-state index is 12.4. The predicted molar refractivity (Wildman–Crippen MR) is 89.4 cm³/mol. The lowest BCUT2D eigenvalue weighted by atomic mass is 9.82. The Labute approximate surface area is 143 Å². The van der Waals surface area contributed by atoms with Gasteiger partial charge in [-0.3, -0.25) is 25.2 Å². The summed E-state index contributed by atoms with van der Waals surface area (Å²) in [5.41, 5.74) is 6.38. The number of carbonyl (C=O) groups excluding carboxylic acids is 2. The largest absolute Gasteiger partial charge is 0.481 e. The second kappa shape index (κ2) is 6.39. The van der Waals surface area contributed by atoms with Crippen LogP contribution in [0.15, 0.2) is 17.5 Å². The van der Waals surface area contributed by atoms with Gasteiger partial charge in [-0.2, -0.15) is 0 Å². The van der Waals surface area contributed by atoms with Crippen LogP contribution in [0.4, 0.5) is 0 Å². The third kappa shape index (κ3) is 2.73. The van der Waals surface area contributed by atoms with E-state index in [1.54, 1.807) is 5.38 Å². The summed E-state index contributed by atoms with van der Waals surface area (Å²) in [6.07, 6.45) is 5.22. The number of hydrogen-bond donors (Lipinski definition) is 3. The van der Waals surface area contributed by atoms with Crippen LogP contribution in [-0.2, 0) is 16.0 Å². The number of carboxylic acid groups (broad SMARTS) is 1. The molecule has 0 aromatic carbocycles. The average Bonchev–Trinajstić information content (AvgIpc) is 3.25. The molecule has 0 aliphatic heterocycles. The fraction of sp³-hybridized carbons (Fsp3) is 0.471. The Morgan fingerprint density at radius 2 is 1.88 bits per heavy atom. The average molecular weight is 348 g/mol. The maximum Gasteiger partial charge on any atom is 0.307 e. The summed E-state index contributed by atoms with van der Waals surface area (Å²) in [4.78, 5) is 37.2. The number of hydrazine groups is 1. The molecule has 7 heteroatoms. The zero-order valence-electron chi connectivity index (χ0n) is 13.5. The minimum absolute atomic E-state index is 0.0670. The zero-order valence-corrected chi connectivity index (χ0v) is 14.4. The normalized spacial score (nSPS) is 27.2. The summed E-state index contributed by atoms with van der Waals surface area (Å²) in [6, 6.07) is 0. The van der Waals surface area contributed by atoms with Crippen molar-refractivity contribution < 1.29 is 19.5 Å². The molecule has 3 N–H and O–H groups in total. The summed E-state index contributed by atoms with van der Waals surface area (Å²) in [7, 11) is 0. The molecule has 24 heavy (non-hydrogen) atoms. The van der Waals surface area contributed by atoms with E-state index < -0.39 is 23.7 Å². The number of nitrogens with one attached hydrogen (secondary N) is 2. The standard InChI is InChI=1S/C17H20N2O4S/c1-3-11-8(2)24-7-12(11)15(20)18-19-16(21)13-9-4-5-10(6-9)14(13)17(22)23/h4-5,7,9-10,13-14H,3,6H2,1-2H3,(H,18,20)(H,19,21)(H,22,23)/t9-,10-,13-,14-/m0/s1. The van der Waals surface area contributed by atoms with Gasteiger partial charge in [0.25, 0.3) is 5.91 Å². The molecule has 1 aromatic heterocycles. The molecule has 128 valence electrons. The van der Waals surface area contributed by atoms with Crippen LogP contribution in [0.5, 0.6) is 0 Å². The van der Waals surface area contributed by atoms with Gasteiger partial charge in [-0.25, -0.2) is 0 Å². The molecule has 2 aliphatic rings. The topological polar surface area (TPSA) is 95.5 Å². The third-order valence-electron chi connectivity index (χ3n) is 5.05. The summed E-state index contributed by atoms with van der Waals surface area (Å²) < 4.78 is 0. The predicted octanol–water partition coefficient (Wildman–Crippen LogP) is 1.90. The van der Waals surface area contributed by atoms with Crippen molar-refractivity contribution in [3.05, 3.63) is 33.5 Å². The van der Waals surface area contributed by atoms with Gasteiger partial charge in [-0.15, -0.1) is 11.3 Å². The first-order valence-corrected chi connectivity index (χ1v) is 8.90. The van der Waals surface area contributed by atoms with E-state index in [2.05, 4.69) is 10.9 Å². The van der Waals surface area contributed by atoms with Crippen LogP contribution in [0.3, 0.4) is 0 Å². The maximum absolute atomic E-state index is 12.4. The van der Waals surface area contributed by atoms with Crippen molar-refractivity contribution in [2.45, 2.75) is 26.7 Å². The summed E-state index contributed by atoms with van der Waals surface area (Å²) in [6.45, 7) is 3.93. The fourth-order valence-corrected chi connectivity index (χ4v) is 4.84. The molecule has 3 rings (SSSR count). The van der Waals surface area contributed by atoms with Crippen LogP contribution >= 0.6 is 11.3 Å². The van der Waals surface area contributed by atoms with Crippen LogP contribution in [0.1, 0.15) is 34.1 Å². The van der Waals surface area contributed by atoms with Crippen molar-refractivity contribution in [2.24, 2.45) is 23.7 Å². The lowest BCUT2D eigenvalue weighted by Gasteiger charge is -2.23. The van der Waals surface area contributed by atoms with E-state index in [0.717, 1.165) is 16.9 Å². The van der Waals surface area contributed by atoms with Gasteiger partial charge in [0.05, 0.1) is 17.4 Å². The van der Waals surface area contributed by atoms with Gasteiger partial charge >= 0.3 is 5.97 Å². The first kappa shape index (κ1) is 16.7. The molecule has 2 bridgehead atoms. The Bertz CT molecular complexity index is 724. The Balaban J connectivity index is 1.66. The molecule has 1 saturated carbocycles. The summed E-state index contributed by atoms with van der Waals surface area (Å²) in [5, 5.41) is 11.2. The minimum atomic E-state index is -0.958. The molecule has 0 radical (unpaired) electrons. The molecule has 0 unspecified atom stereocenters. The van der Waals surface area contributed by atoms with Crippen LogP contribution in [-0.4, -0.2) is 22.9 Å². The van der Waals surface area contributed by atoms with Crippen molar-refractivity contribution in [3.8, 4) is 0 Å². The Kier molecular flexibility index (Phi) is 4.45. The smallest absolute Gasteiger partial charge is 0.307 e. The van der Waals surface area contributed by atoms with E-state index in [-0.39, 0.29) is 17.7 Å². The number of thiophene rings is 1. The van der Waals surface area contributed by atoms with Gasteiger partial charge in [0.1, 0.15) is 0 Å². The number of fused-ring (bicyclic) bond motifs is 2. The second-order valence-corrected chi connectivity index (χ2v) is 7.40. The summed E-state index contributed by atoms with van der Waals surface area (Å²) >= 11 is 1.50. The monoisotopic (exact) mass is 348 g/mol. The highest BCUT2D eigenvalue weighted by Gasteiger charge is 2.51. The SMILES string of the molecule is CCc1c(C(=O)NNC(=O)[C@@H]2[C@@H](C(=O)O)[C@H]3C=C[C@H]2C3)csc1C. The van der Waals surface area contributed by atoms with Crippen molar-refractivity contribution in [2.75, 3.05) is 0 Å². The molecule has 4 atom stereocenters. The highest BCUT2D eigenvalue weighted by atomic mass is 32.1. The first-order chi connectivity index (χ1) is 11.4. The Morgan fingerprint density at radius 3 is 2.50 bits per heavy atom. The highest BCUT2D eigenvalue weighted by molar-refractivity contribution is 7.10. The number of allylic oxidation sites excluding steroid dienone is 2. The van der Waals surface area contributed by atoms with Crippen molar-refractivity contribution in [1.82, 2.24) is 10.9 Å². The van der Waals surface area contributed by atoms with Gasteiger partial charge < -0.3 is 5.11 Å². The number of carboxylic acids is 1. The van der Waals surface area contributed by atoms with E-state index >= 15 is 0 Å². The second-order valence-electron chi connectivity index (χ2n) is 6.32. The van der Waals surface area contributed by atoms with Crippen LogP contribution in [0.25, 0.3) is 0 Å². The van der Waals surface area contributed by atoms with Crippen LogP contribution in [0, 0.1) is 30.6 Å². The Hall–Kier alpha value is -2.15. The highest BCUT2D eigenvalue weighted by Crippen LogP contribution is 2.48. The molecule has 1 fully saturated rings. The lowest BCUT2D eigenvalue weighted by Crippen LogP contribution is -2.48. The van der Waals surface area contributed by atoms with Crippen molar-refractivity contribution in [1.29, 1.82) is 0 Å². The molecular weight excluding hydrogens is 328 g/mol. The lowest BCUT2D eigenvalue weighted by molar-refractivity contribution is -0.148. The fourth-order valence-electron chi connectivity index (χ4n) is 3.89. The quantitative estimate of drug-likeness (QED) is 0.572. The van der Waals surface area contributed by atoms with Gasteiger partial charge in [-0.1, -0.05) is 19.1 Å². The Morgan fingerprint density at radius 1 is 1.21 bits per heavy atom. The molecule has 1 heterocycles. The van der Waals surface area contributed by atoms with Gasteiger partial charge in [0.15, 0.2) is 0 Å². The number of rotatable bonds is 4. The molecular formula is C17H20N2O4S. The number of aryl methyl sites for hydroxylation is 1. The number of amides is 2. The van der Waals surface area contributed by atoms with Crippen molar-refractivity contribution >= 4 is 29.1 Å². The van der Waals surface area contributed by atoms with E-state index in [9.17, 15) is 19.5 Å². The van der Waals surface area contributed by atoms with Crippen molar-refractivity contribution in [3.63, 3.8) is 0 Å². The number of hydrogen-bond acceptors (Lipinski definition) is 4. The molecule has 2 amide bonds. The third-order valence-corrected chi connectivity index (χ3v) is 6.00. The molecule has 0 saturated heterocycles. The zero-order chi connectivity index (χ0) is 17.4. The summed E-state index contributed by atoms with van der Waals surface area (Å²) in [5.74, 6) is -3.26. The van der Waals surface area contributed by atoms with E-state index in [0.29, 0.717) is 12.0 Å². The molecule has 6 nitrogen and oxygen atoms in total. The van der Waals surface area contributed by atoms with Gasteiger partial charge in [0, 0.05) is 10.3 Å². The number of carbonyl (C=O) groups is 3. The molecule has 2 aliphatic carbocycles. The van der Waals surface area contributed by atoms with Gasteiger partial charge in [-0.05, 0) is 37.2 Å². The van der Waals surface area contributed by atoms with Gasteiger partial charge in [0.2, 0.25) is 5.91 Å². The minimum Gasteiger partial charge on any atom is -0.481 e.